The Bertz CT molecular complexity index is 1170. The molecule has 11 heteroatoms. The highest BCUT2D eigenvalue weighted by Crippen LogP contribution is 2.39. The highest BCUT2D eigenvalue weighted by Gasteiger charge is 2.44. The van der Waals surface area contributed by atoms with Crippen molar-refractivity contribution in [3.05, 3.63) is 81.5 Å². The van der Waals surface area contributed by atoms with E-state index >= 15 is 0 Å². The van der Waals surface area contributed by atoms with Gasteiger partial charge in [-0.3, -0.25) is 10.1 Å². The summed E-state index contributed by atoms with van der Waals surface area (Å²) in [5.41, 5.74) is -0.537. The molecule has 1 aliphatic heterocycles. The number of aliphatic carboxylic acids is 1. The molecule has 30 heavy (non-hydrogen) atoms. The smallest absolute Gasteiger partial charge is 0.335 e. The lowest BCUT2D eigenvalue weighted by Crippen LogP contribution is -2.45. The molecule has 0 saturated heterocycles. The van der Waals surface area contributed by atoms with Gasteiger partial charge in [0, 0.05) is 12.1 Å². The predicted molar refractivity (Wildman–Crippen MR) is 106 cm³/mol. The van der Waals surface area contributed by atoms with Crippen molar-refractivity contribution in [2.24, 2.45) is 4.99 Å². The number of amidine groups is 1. The number of carboxylic acid groups (broad SMARTS) is 1. The van der Waals surface area contributed by atoms with Crippen molar-refractivity contribution in [1.82, 2.24) is 4.31 Å². The summed E-state index contributed by atoms with van der Waals surface area (Å²) in [4.78, 5) is 26.5. The molecule has 2 aromatic carbocycles. The van der Waals surface area contributed by atoms with Crippen molar-refractivity contribution in [3.63, 3.8) is 0 Å². The van der Waals surface area contributed by atoms with Gasteiger partial charge >= 0.3 is 12.0 Å². The molecule has 1 atom stereocenters. The van der Waals surface area contributed by atoms with Gasteiger partial charge in [-0.1, -0.05) is 30.3 Å². The largest absolute Gasteiger partial charge is 0.478 e. The number of aliphatic imine (C=N–C) groups is 1. The molecule has 0 fully saturated rings. The van der Waals surface area contributed by atoms with Gasteiger partial charge in [0.05, 0.1) is 28.2 Å². The third kappa shape index (κ3) is 3.62. The van der Waals surface area contributed by atoms with Gasteiger partial charge in [-0.25, -0.2) is 22.5 Å². The van der Waals surface area contributed by atoms with Crippen LogP contribution >= 0.6 is 0 Å². The summed E-state index contributed by atoms with van der Waals surface area (Å²) < 4.78 is 32.8. The number of allylic oxidation sites excluding steroid dienone is 1. The lowest BCUT2D eigenvalue weighted by Gasteiger charge is -2.35. The summed E-state index contributed by atoms with van der Waals surface area (Å²) in [6, 6.07) is 10.7. The van der Waals surface area contributed by atoms with E-state index in [-0.39, 0.29) is 33.4 Å². The van der Waals surface area contributed by atoms with Crippen LogP contribution in [0.15, 0.2) is 75.8 Å². The summed E-state index contributed by atoms with van der Waals surface area (Å²) in [5, 5.41) is 21.0. The molecule has 1 N–H and O–H groups in total. The average molecular weight is 431 g/mol. The SMILES string of the molecule is COC1=NC(C)=C(C(=O)O)C(c2cccc([N+](=O)[O-])c2)N1S(=O)(=O)c1ccccc1. The molecule has 0 amide bonds. The zero-order valence-corrected chi connectivity index (χ0v) is 16.7. The maximum atomic E-state index is 13.4. The highest BCUT2D eigenvalue weighted by molar-refractivity contribution is 7.89. The number of nitro groups is 1. The van der Waals surface area contributed by atoms with E-state index in [1.165, 1.54) is 56.5 Å². The zero-order chi connectivity index (χ0) is 22.1. The van der Waals surface area contributed by atoms with Crippen LogP contribution in [0.25, 0.3) is 0 Å². The molecule has 0 aromatic heterocycles. The van der Waals surface area contributed by atoms with Crippen LogP contribution in [0.5, 0.6) is 0 Å². The molecule has 156 valence electrons. The van der Waals surface area contributed by atoms with Crippen molar-refractivity contribution in [2.45, 2.75) is 17.9 Å². The Morgan fingerprint density at radius 3 is 2.43 bits per heavy atom. The fraction of sp³-hybridized carbons (Fsp3) is 0.158. The normalized spacial score (nSPS) is 16.8. The second-order valence-corrected chi connectivity index (χ2v) is 8.09. The number of rotatable bonds is 5. The number of carboxylic acids is 1. The van der Waals surface area contributed by atoms with Crippen LogP contribution in [-0.2, 0) is 19.6 Å². The molecule has 3 rings (SSSR count). The first-order valence-corrected chi connectivity index (χ1v) is 10.0. The fourth-order valence-electron chi connectivity index (χ4n) is 3.14. The molecule has 1 aliphatic rings. The molecule has 0 radical (unpaired) electrons. The Morgan fingerprint density at radius 2 is 1.87 bits per heavy atom. The number of sulfonamides is 1. The number of carbonyl (C=O) groups is 1. The third-order valence-electron chi connectivity index (χ3n) is 4.46. The van der Waals surface area contributed by atoms with Gasteiger partial charge in [0.1, 0.15) is 6.04 Å². The summed E-state index contributed by atoms with van der Waals surface area (Å²) in [6.45, 7) is 1.40. The van der Waals surface area contributed by atoms with E-state index in [4.69, 9.17) is 4.74 Å². The van der Waals surface area contributed by atoms with E-state index in [0.29, 0.717) is 0 Å². The van der Waals surface area contributed by atoms with E-state index in [0.717, 1.165) is 10.4 Å². The topological polar surface area (TPSA) is 139 Å². The number of ether oxygens (including phenoxy) is 1. The van der Waals surface area contributed by atoms with E-state index in [1.807, 2.05) is 0 Å². The molecule has 0 saturated carbocycles. The number of nitrogens with zero attached hydrogens (tertiary/aromatic N) is 3. The quantitative estimate of drug-likeness (QED) is 0.567. The van der Waals surface area contributed by atoms with Crippen LogP contribution < -0.4 is 0 Å². The Labute approximate surface area is 171 Å². The molecule has 10 nitrogen and oxygen atoms in total. The zero-order valence-electron chi connectivity index (χ0n) is 15.9. The number of methoxy groups -OCH3 is 1. The van der Waals surface area contributed by atoms with Crippen molar-refractivity contribution < 1.29 is 28.0 Å². The van der Waals surface area contributed by atoms with Crippen molar-refractivity contribution in [2.75, 3.05) is 7.11 Å². The van der Waals surface area contributed by atoms with Crippen LogP contribution in [0.2, 0.25) is 0 Å². The standard InChI is InChI=1S/C19H17N3O7S/c1-12-16(18(23)24)17(13-7-6-8-14(11-13)22(25)26)21(19(20-12)29-2)30(27,28)15-9-4-3-5-10-15/h3-11,17H,1-2H3,(H,23,24). The van der Waals surface area contributed by atoms with Crippen molar-refractivity contribution in [1.29, 1.82) is 0 Å². The van der Waals surface area contributed by atoms with Crippen LogP contribution in [0, 0.1) is 10.1 Å². The van der Waals surface area contributed by atoms with E-state index in [9.17, 15) is 28.4 Å². The lowest BCUT2D eigenvalue weighted by atomic mass is 9.96. The fourth-order valence-corrected chi connectivity index (χ4v) is 4.70. The maximum Gasteiger partial charge on any atom is 0.335 e. The Balaban J connectivity index is 2.32. The number of hydrogen-bond acceptors (Lipinski definition) is 7. The summed E-state index contributed by atoms with van der Waals surface area (Å²) in [6.07, 6.45) is 0. The molecule has 1 heterocycles. The lowest BCUT2D eigenvalue weighted by molar-refractivity contribution is -0.384. The van der Waals surface area contributed by atoms with Gasteiger partial charge in [-0.15, -0.1) is 0 Å². The minimum absolute atomic E-state index is 0.0235. The minimum Gasteiger partial charge on any atom is -0.478 e. The summed E-state index contributed by atoms with van der Waals surface area (Å²) in [5.74, 6) is -1.41. The van der Waals surface area contributed by atoms with E-state index in [2.05, 4.69) is 4.99 Å². The summed E-state index contributed by atoms with van der Waals surface area (Å²) in [7, 11) is -3.13. The third-order valence-corrected chi connectivity index (χ3v) is 6.21. The van der Waals surface area contributed by atoms with Gasteiger partial charge in [-0.2, -0.15) is 0 Å². The van der Waals surface area contributed by atoms with Gasteiger partial charge in [-0.05, 0) is 24.6 Å². The Morgan fingerprint density at radius 1 is 1.20 bits per heavy atom. The van der Waals surface area contributed by atoms with Crippen LogP contribution in [0.4, 0.5) is 5.69 Å². The van der Waals surface area contributed by atoms with Crippen LogP contribution in [0.1, 0.15) is 18.5 Å². The van der Waals surface area contributed by atoms with E-state index in [1.54, 1.807) is 6.07 Å². The number of non-ortho nitro benzene ring substituents is 1. The van der Waals surface area contributed by atoms with Gasteiger partial charge in [0.2, 0.25) is 0 Å². The molecular formula is C19H17N3O7S. The monoisotopic (exact) mass is 431 g/mol. The second-order valence-electron chi connectivity index (χ2n) is 6.27. The summed E-state index contributed by atoms with van der Waals surface area (Å²) >= 11 is 0. The van der Waals surface area contributed by atoms with Gasteiger partial charge in [0.15, 0.2) is 0 Å². The first kappa shape index (κ1) is 21.0. The molecule has 0 aliphatic carbocycles. The van der Waals surface area contributed by atoms with Gasteiger partial charge in [0.25, 0.3) is 15.7 Å². The molecule has 0 spiro atoms. The maximum absolute atomic E-state index is 13.4. The molecule has 0 bridgehead atoms. The minimum atomic E-state index is -4.33. The Kier molecular flexibility index (Phi) is 5.56. The van der Waals surface area contributed by atoms with Crippen molar-refractivity contribution in [3.8, 4) is 0 Å². The number of benzene rings is 2. The average Bonchev–Trinajstić information content (AvgIpc) is 2.73. The van der Waals surface area contributed by atoms with Gasteiger partial charge < -0.3 is 9.84 Å². The number of hydrogen-bond donors (Lipinski definition) is 1. The Hall–Kier alpha value is -3.73. The van der Waals surface area contributed by atoms with Crippen LogP contribution in [0.3, 0.4) is 0 Å². The number of nitro benzene ring substituents is 1. The second kappa shape index (κ2) is 7.95. The predicted octanol–water partition coefficient (Wildman–Crippen LogP) is 2.70. The highest BCUT2D eigenvalue weighted by atomic mass is 32.2. The van der Waals surface area contributed by atoms with Crippen molar-refractivity contribution >= 4 is 27.7 Å². The van der Waals surface area contributed by atoms with Crippen LogP contribution in [-0.4, -0.2) is 41.9 Å². The first-order chi connectivity index (χ1) is 14.2. The van der Waals surface area contributed by atoms with E-state index < -0.39 is 27.0 Å². The molecular weight excluding hydrogens is 414 g/mol. The molecule has 1 unspecified atom stereocenters. The molecule has 2 aromatic rings. The first-order valence-electron chi connectivity index (χ1n) is 8.59.